The second-order valence-corrected chi connectivity index (χ2v) is 6.39. The highest BCUT2D eigenvalue weighted by molar-refractivity contribution is 5.90. The molecular formula is C23H24N2O3. The van der Waals surface area contributed by atoms with Crippen molar-refractivity contribution < 1.29 is 14.3 Å². The van der Waals surface area contributed by atoms with Gasteiger partial charge in [-0.25, -0.2) is 4.79 Å². The van der Waals surface area contributed by atoms with Crippen molar-refractivity contribution in [1.29, 1.82) is 0 Å². The SMILES string of the molecule is CCOC(=O)c1cccc(-n2c(C)cc(C=Nc3ccc(OC)cc3)c2C)c1. The van der Waals surface area contributed by atoms with Gasteiger partial charge in [-0.2, -0.15) is 0 Å². The Morgan fingerprint density at radius 2 is 1.86 bits per heavy atom. The molecule has 0 aliphatic heterocycles. The minimum atomic E-state index is -0.312. The summed E-state index contributed by atoms with van der Waals surface area (Å²) in [6.45, 7) is 6.24. The summed E-state index contributed by atoms with van der Waals surface area (Å²) in [5.74, 6) is 0.492. The summed E-state index contributed by atoms with van der Waals surface area (Å²) in [5, 5.41) is 0. The van der Waals surface area contributed by atoms with Crippen LogP contribution in [0.2, 0.25) is 0 Å². The summed E-state index contributed by atoms with van der Waals surface area (Å²) in [6, 6.07) is 17.1. The van der Waals surface area contributed by atoms with Crippen molar-refractivity contribution in [1.82, 2.24) is 4.57 Å². The van der Waals surface area contributed by atoms with Crippen LogP contribution in [0.15, 0.2) is 59.6 Å². The maximum Gasteiger partial charge on any atom is 0.338 e. The molecule has 0 fully saturated rings. The first-order valence-electron chi connectivity index (χ1n) is 9.18. The molecule has 0 spiro atoms. The lowest BCUT2D eigenvalue weighted by Gasteiger charge is -2.11. The van der Waals surface area contributed by atoms with E-state index in [0.29, 0.717) is 12.2 Å². The quantitative estimate of drug-likeness (QED) is 0.448. The second kappa shape index (κ2) is 8.57. The lowest BCUT2D eigenvalue weighted by atomic mass is 10.2. The molecule has 3 rings (SSSR count). The monoisotopic (exact) mass is 376 g/mol. The normalized spacial score (nSPS) is 11.0. The van der Waals surface area contributed by atoms with E-state index in [9.17, 15) is 4.79 Å². The molecular weight excluding hydrogens is 352 g/mol. The maximum absolute atomic E-state index is 12.0. The Hall–Kier alpha value is -3.34. The van der Waals surface area contributed by atoms with Crippen molar-refractivity contribution in [3.8, 4) is 11.4 Å². The van der Waals surface area contributed by atoms with E-state index in [2.05, 4.69) is 15.6 Å². The van der Waals surface area contributed by atoms with Crippen LogP contribution in [0.5, 0.6) is 5.75 Å². The molecule has 0 saturated carbocycles. The van der Waals surface area contributed by atoms with Gasteiger partial charge in [0.2, 0.25) is 0 Å². The Bertz CT molecular complexity index is 1000. The number of hydrogen-bond acceptors (Lipinski definition) is 4. The topological polar surface area (TPSA) is 52.8 Å². The Labute approximate surface area is 165 Å². The highest BCUT2D eigenvalue weighted by atomic mass is 16.5. The summed E-state index contributed by atoms with van der Waals surface area (Å²) >= 11 is 0. The Kier molecular flexibility index (Phi) is 5.94. The largest absolute Gasteiger partial charge is 0.497 e. The minimum Gasteiger partial charge on any atom is -0.497 e. The number of aryl methyl sites for hydroxylation is 1. The Balaban J connectivity index is 1.90. The van der Waals surface area contributed by atoms with E-state index < -0.39 is 0 Å². The van der Waals surface area contributed by atoms with Gasteiger partial charge in [0.1, 0.15) is 5.75 Å². The van der Waals surface area contributed by atoms with Crippen molar-refractivity contribution in [2.45, 2.75) is 20.8 Å². The number of benzene rings is 2. The Morgan fingerprint density at radius 3 is 2.54 bits per heavy atom. The van der Waals surface area contributed by atoms with Crippen LogP contribution in [-0.4, -0.2) is 30.5 Å². The zero-order chi connectivity index (χ0) is 20.1. The lowest BCUT2D eigenvalue weighted by Crippen LogP contribution is -2.06. The van der Waals surface area contributed by atoms with Gasteiger partial charge in [0, 0.05) is 28.9 Å². The number of rotatable bonds is 6. The van der Waals surface area contributed by atoms with Crippen LogP contribution in [0, 0.1) is 13.8 Å². The molecule has 0 aliphatic rings. The molecule has 28 heavy (non-hydrogen) atoms. The third kappa shape index (κ3) is 4.14. The first-order chi connectivity index (χ1) is 13.5. The summed E-state index contributed by atoms with van der Waals surface area (Å²) in [4.78, 5) is 16.6. The van der Waals surface area contributed by atoms with E-state index in [0.717, 1.165) is 34.1 Å². The molecule has 0 unspecified atom stereocenters. The standard InChI is InChI=1S/C23H24N2O3/c1-5-28-23(26)18-7-6-8-21(14-18)25-16(2)13-19(17(25)3)15-24-20-9-11-22(27-4)12-10-20/h6-15H,5H2,1-4H3. The number of carbonyl (C=O) groups is 1. The highest BCUT2D eigenvalue weighted by Crippen LogP contribution is 2.22. The van der Waals surface area contributed by atoms with Crippen LogP contribution < -0.4 is 4.74 Å². The molecule has 144 valence electrons. The zero-order valence-corrected chi connectivity index (χ0v) is 16.6. The van der Waals surface area contributed by atoms with E-state index >= 15 is 0 Å². The smallest absolute Gasteiger partial charge is 0.338 e. The molecule has 5 nitrogen and oxygen atoms in total. The number of hydrogen-bond donors (Lipinski definition) is 0. The van der Waals surface area contributed by atoms with E-state index in [1.54, 1.807) is 20.1 Å². The minimum absolute atomic E-state index is 0.312. The predicted octanol–water partition coefficient (Wildman–Crippen LogP) is 5.03. The van der Waals surface area contributed by atoms with Crippen LogP contribution in [-0.2, 0) is 4.74 Å². The molecule has 1 heterocycles. The van der Waals surface area contributed by atoms with Crippen molar-refractivity contribution in [3.05, 3.63) is 77.1 Å². The average Bonchev–Trinajstić information content (AvgIpc) is 3.00. The van der Waals surface area contributed by atoms with Gasteiger partial charge in [-0.1, -0.05) is 6.07 Å². The van der Waals surface area contributed by atoms with Gasteiger partial charge in [0.15, 0.2) is 0 Å². The molecule has 0 aliphatic carbocycles. The van der Waals surface area contributed by atoms with Crippen molar-refractivity contribution in [2.24, 2.45) is 4.99 Å². The molecule has 0 bridgehead atoms. The van der Waals surface area contributed by atoms with Gasteiger partial charge in [0.25, 0.3) is 0 Å². The van der Waals surface area contributed by atoms with Crippen LogP contribution in [0.25, 0.3) is 5.69 Å². The summed E-state index contributed by atoms with van der Waals surface area (Å²) < 4.78 is 12.4. The van der Waals surface area contributed by atoms with E-state index in [4.69, 9.17) is 9.47 Å². The molecule has 0 radical (unpaired) electrons. The number of methoxy groups -OCH3 is 1. The number of esters is 1. The number of aliphatic imine (C=N–C) groups is 1. The number of aromatic nitrogens is 1. The number of ether oxygens (including phenoxy) is 2. The molecule has 0 N–H and O–H groups in total. The van der Waals surface area contributed by atoms with Crippen LogP contribution in [0.3, 0.4) is 0 Å². The van der Waals surface area contributed by atoms with E-state index in [1.165, 1.54) is 0 Å². The average molecular weight is 376 g/mol. The molecule has 0 atom stereocenters. The van der Waals surface area contributed by atoms with Crippen molar-refractivity contribution >= 4 is 17.9 Å². The molecule has 1 aromatic heterocycles. The van der Waals surface area contributed by atoms with Gasteiger partial charge in [-0.05, 0) is 69.3 Å². The van der Waals surface area contributed by atoms with Gasteiger partial charge in [0.05, 0.1) is 25.0 Å². The summed E-state index contributed by atoms with van der Waals surface area (Å²) in [6.07, 6.45) is 1.86. The first kappa shape index (κ1) is 19.4. The first-order valence-corrected chi connectivity index (χ1v) is 9.18. The van der Waals surface area contributed by atoms with E-state index in [1.807, 2.05) is 62.5 Å². The molecule has 0 saturated heterocycles. The van der Waals surface area contributed by atoms with Crippen molar-refractivity contribution in [2.75, 3.05) is 13.7 Å². The van der Waals surface area contributed by atoms with Crippen molar-refractivity contribution in [3.63, 3.8) is 0 Å². The lowest BCUT2D eigenvalue weighted by molar-refractivity contribution is 0.0526. The Morgan fingerprint density at radius 1 is 1.11 bits per heavy atom. The fourth-order valence-corrected chi connectivity index (χ4v) is 3.11. The second-order valence-electron chi connectivity index (χ2n) is 6.39. The summed E-state index contributed by atoms with van der Waals surface area (Å²) in [5.41, 5.74) is 5.46. The molecule has 2 aromatic carbocycles. The van der Waals surface area contributed by atoms with Gasteiger partial charge >= 0.3 is 5.97 Å². The third-order valence-electron chi connectivity index (χ3n) is 4.51. The van der Waals surface area contributed by atoms with Crippen LogP contribution >= 0.6 is 0 Å². The summed E-state index contributed by atoms with van der Waals surface area (Å²) in [7, 11) is 1.64. The van der Waals surface area contributed by atoms with Crippen LogP contribution in [0.1, 0.15) is 34.2 Å². The van der Waals surface area contributed by atoms with Gasteiger partial charge < -0.3 is 14.0 Å². The molecule has 0 amide bonds. The van der Waals surface area contributed by atoms with E-state index in [-0.39, 0.29) is 5.97 Å². The third-order valence-corrected chi connectivity index (χ3v) is 4.51. The predicted molar refractivity (Wildman–Crippen MR) is 111 cm³/mol. The fourth-order valence-electron chi connectivity index (χ4n) is 3.11. The van der Waals surface area contributed by atoms with Gasteiger partial charge in [-0.3, -0.25) is 4.99 Å². The zero-order valence-electron chi connectivity index (χ0n) is 16.6. The van der Waals surface area contributed by atoms with Crippen LogP contribution in [0.4, 0.5) is 5.69 Å². The maximum atomic E-state index is 12.0. The molecule has 5 heteroatoms. The number of carbonyl (C=O) groups excluding carboxylic acids is 1. The highest BCUT2D eigenvalue weighted by Gasteiger charge is 2.12. The van der Waals surface area contributed by atoms with Gasteiger partial charge in [-0.15, -0.1) is 0 Å². The fraction of sp³-hybridized carbons (Fsp3) is 0.217. The number of nitrogens with zero attached hydrogens (tertiary/aromatic N) is 2. The molecule has 3 aromatic rings.